The molecule has 6 nitrogen and oxygen atoms in total. The lowest BCUT2D eigenvalue weighted by molar-refractivity contribution is -0.137. The number of rotatable bonds is 6. The third-order valence-corrected chi connectivity index (χ3v) is 4.11. The third-order valence-electron chi connectivity index (χ3n) is 4.11. The highest BCUT2D eigenvalue weighted by Gasteiger charge is 2.34. The number of aromatic nitrogens is 3. The van der Waals surface area contributed by atoms with Crippen LogP contribution >= 0.6 is 0 Å². The molecular weight excluding hydrogens is 411 g/mol. The lowest BCUT2D eigenvalue weighted by atomic mass is 10.1. The summed E-state index contributed by atoms with van der Waals surface area (Å²) in [4.78, 5) is 12.4. The molecule has 1 N–H and O–H groups in total. The molecule has 30 heavy (non-hydrogen) atoms. The molecule has 1 amide bonds. The first-order valence-corrected chi connectivity index (χ1v) is 8.59. The van der Waals surface area contributed by atoms with Gasteiger partial charge in [0, 0.05) is 0 Å². The van der Waals surface area contributed by atoms with Gasteiger partial charge in [0.15, 0.2) is 5.69 Å². The molecule has 1 unspecified atom stereocenters. The Labute approximate surface area is 167 Å². The first-order chi connectivity index (χ1) is 14.1. The average Bonchev–Trinajstić information content (AvgIpc) is 3.17. The van der Waals surface area contributed by atoms with Gasteiger partial charge in [-0.05, 0) is 36.8 Å². The van der Waals surface area contributed by atoms with Crippen LogP contribution in [0, 0.1) is 0 Å². The quantitative estimate of drug-likeness (QED) is 0.594. The number of para-hydroxylation sites is 1. The van der Waals surface area contributed by atoms with Gasteiger partial charge in [-0.25, -0.2) is 4.68 Å². The predicted molar refractivity (Wildman–Crippen MR) is 95.3 cm³/mol. The largest absolute Gasteiger partial charge is 0.435 e. The van der Waals surface area contributed by atoms with Crippen LogP contribution in [0.3, 0.4) is 0 Å². The van der Waals surface area contributed by atoms with E-state index in [1.165, 1.54) is 36.4 Å². The Morgan fingerprint density at radius 1 is 1.13 bits per heavy atom. The monoisotopic (exact) mass is 426 g/mol. The molecule has 3 aromatic rings. The summed E-state index contributed by atoms with van der Waals surface area (Å²) >= 11 is 0. The molecule has 11 heteroatoms. The number of amides is 1. The molecule has 0 bridgehead atoms. The SMILES string of the molecule is CC(NC(=O)c1cn(-c2ccccc2C(F)(F)F)nn1)c1cccc(OC(F)F)c1. The van der Waals surface area contributed by atoms with E-state index in [2.05, 4.69) is 20.4 Å². The molecule has 1 heterocycles. The molecule has 1 atom stereocenters. The van der Waals surface area contributed by atoms with Gasteiger partial charge in [-0.3, -0.25) is 4.79 Å². The van der Waals surface area contributed by atoms with Crippen LogP contribution in [0.25, 0.3) is 5.69 Å². The Hall–Kier alpha value is -3.50. The van der Waals surface area contributed by atoms with Gasteiger partial charge in [0.2, 0.25) is 0 Å². The smallest absolute Gasteiger partial charge is 0.418 e. The van der Waals surface area contributed by atoms with Gasteiger partial charge in [-0.15, -0.1) is 5.10 Å². The fourth-order valence-corrected chi connectivity index (χ4v) is 2.71. The van der Waals surface area contributed by atoms with E-state index in [1.54, 1.807) is 13.0 Å². The Balaban J connectivity index is 1.76. The van der Waals surface area contributed by atoms with Crippen LogP contribution in [0.1, 0.15) is 34.6 Å². The second kappa shape index (κ2) is 8.47. The number of alkyl halides is 5. The maximum absolute atomic E-state index is 13.2. The van der Waals surface area contributed by atoms with Crippen LogP contribution in [0.15, 0.2) is 54.7 Å². The van der Waals surface area contributed by atoms with E-state index in [0.717, 1.165) is 16.9 Å². The van der Waals surface area contributed by atoms with Crippen molar-refractivity contribution >= 4 is 5.91 Å². The topological polar surface area (TPSA) is 69.0 Å². The molecular formula is C19H15F5N4O2. The summed E-state index contributed by atoms with van der Waals surface area (Å²) in [5, 5.41) is 9.82. The number of halogens is 5. The summed E-state index contributed by atoms with van der Waals surface area (Å²) in [6.07, 6.45) is -3.53. The summed E-state index contributed by atoms with van der Waals surface area (Å²) in [7, 11) is 0. The molecule has 0 fully saturated rings. The van der Waals surface area contributed by atoms with Gasteiger partial charge in [-0.1, -0.05) is 29.5 Å². The van der Waals surface area contributed by atoms with Crippen LogP contribution in [-0.2, 0) is 6.18 Å². The van der Waals surface area contributed by atoms with Gasteiger partial charge in [0.25, 0.3) is 5.91 Å². The zero-order valence-electron chi connectivity index (χ0n) is 15.4. The van der Waals surface area contributed by atoms with Crippen molar-refractivity contribution in [3.8, 4) is 11.4 Å². The van der Waals surface area contributed by atoms with Crippen molar-refractivity contribution in [2.75, 3.05) is 0 Å². The van der Waals surface area contributed by atoms with Crippen molar-refractivity contribution in [1.82, 2.24) is 20.3 Å². The van der Waals surface area contributed by atoms with E-state index < -0.39 is 30.3 Å². The Kier molecular flexibility index (Phi) is 5.99. The molecule has 158 valence electrons. The highest BCUT2D eigenvalue weighted by Crippen LogP contribution is 2.33. The number of nitrogens with one attached hydrogen (secondary N) is 1. The van der Waals surface area contributed by atoms with Crippen molar-refractivity contribution in [2.45, 2.75) is 25.8 Å². The van der Waals surface area contributed by atoms with Crippen molar-refractivity contribution in [1.29, 1.82) is 0 Å². The molecule has 0 aliphatic heterocycles. The van der Waals surface area contributed by atoms with Gasteiger partial charge in [0.1, 0.15) is 5.75 Å². The van der Waals surface area contributed by atoms with Crippen LogP contribution in [0.4, 0.5) is 22.0 Å². The molecule has 0 aliphatic carbocycles. The minimum absolute atomic E-state index is 0.0710. The summed E-state index contributed by atoms with van der Waals surface area (Å²) < 4.78 is 69.4. The van der Waals surface area contributed by atoms with Crippen LogP contribution in [0.5, 0.6) is 5.75 Å². The fraction of sp³-hybridized carbons (Fsp3) is 0.211. The summed E-state index contributed by atoms with van der Waals surface area (Å²) in [5.74, 6) is -0.767. The molecule has 0 aliphatic rings. The number of nitrogens with zero attached hydrogens (tertiary/aromatic N) is 3. The molecule has 0 saturated heterocycles. The van der Waals surface area contributed by atoms with Gasteiger partial charge >= 0.3 is 12.8 Å². The Morgan fingerprint density at radius 3 is 2.57 bits per heavy atom. The second-order valence-electron chi connectivity index (χ2n) is 6.21. The minimum Gasteiger partial charge on any atom is -0.435 e. The first kappa shape index (κ1) is 21.2. The minimum atomic E-state index is -4.61. The molecule has 3 rings (SSSR count). The Morgan fingerprint density at radius 2 is 1.87 bits per heavy atom. The fourth-order valence-electron chi connectivity index (χ4n) is 2.71. The van der Waals surface area contributed by atoms with Gasteiger partial charge < -0.3 is 10.1 Å². The van der Waals surface area contributed by atoms with Gasteiger partial charge in [0.05, 0.1) is 23.5 Å². The van der Waals surface area contributed by atoms with Crippen molar-refractivity contribution in [3.63, 3.8) is 0 Å². The molecule has 0 radical (unpaired) electrons. The maximum atomic E-state index is 13.2. The normalized spacial score (nSPS) is 12.6. The number of ether oxygens (including phenoxy) is 1. The zero-order chi connectivity index (χ0) is 21.9. The van der Waals surface area contributed by atoms with E-state index >= 15 is 0 Å². The van der Waals surface area contributed by atoms with E-state index in [1.807, 2.05) is 0 Å². The van der Waals surface area contributed by atoms with E-state index in [9.17, 15) is 26.7 Å². The highest BCUT2D eigenvalue weighted by molar-refractivity contribution is 5.92. The van der Waals surface area contributed by atoms with Crippen molar-refractivity contribution in [3.05, 3.63) is 71.5 Å². The van der Waals surface area contributed by atoms with Crippen molar-refractivity contribution in [2.24, 2.45) is 0 Å². The number of benzene rings is 2. The third kappa shape index (κ3) is 4.91. The van der Waals surface area contributed by atoms with Gasteiger partial charge in [-0.2, -0.15) is 22.0 Å². The molecule has 2 aromatic carbocycles. The highest BCUT2D eigenvalue weighted by atomic mass is 19.4. The van der Waals surface area contributed by atoms with Crippen LogP contribution < -0.4 is 10.1 Å². The van der Waals surface area contributed by atoms with E-state index in [4.69, 9.17) is 0 Å². The lowest BCUT2D eigenvalue weighted by Gasteiger charge is -2.14. The van der Waals surface area contributed by atoms with Crippen molar-refractivity contribution < 1.29 is 31.5 Å². The van der Waals surface area contributed by atoms with Crippen LogP contribution in [-0.4, -0.2) is 27.5 Å². The first-order valence-electron chi connectivity index (χ1n) is 8.59. The summed E-state index contributed by atoms with van der Waals surface area (Å²) in [6.45, 7) is -1.39. The van der Waals surface area contributed by atoms with E-state index in [-0.39, 0.29) is 17.1 Å². The lowest BCUT2D eigenvalue weighted by Crippen LogP contribution is -2.27. The van der Waals surface area contributed by atoms with E-state index in [0.29, 0.717) is 5.56 Å². The molecule has 1 aromatic heterocycles. The summed E-state index contributed by atoms with van der Waals surface area (Å²) in [6, 6.07) is 9.89. The average molecular weight is 426 g/mol. The number of carbonyl (C=O) groups excluding carboxylic acids is 1. The predicted octanol–water partition coefficient (Wildman–Crippen LogP) is 4.38. The second-order valence-corrected chi connectivity index (χ2v) is 6.21. The Bertz CT molecular complexity index is 1040. The number of carbonyl (C=O) groups is 1. The molecule has 0 saturated carbocycles. The number of hydrogen-bond acceptors (Lipinski definition) is 4. The number of hydrogen-bond donors (Lipinski definition) is 1. The molecule has 0 spiro atoms. The summed E-state index contributed by atoms with van der Waals surface area (Å²) in [5.41, 5.74) is -0.928. The maximum Gasteiger partial charge on any atom is 0.418 e. The zero-order valence-corrected chi connectivity index (χ0v) is 15.4. The van der Waals surface area contributed by atoms with Crippen LogP contribution in [0.2, 0.25) is 0 Å². The standard InChI is InChI=1S/C19H15F5N4O2/c1-11(12-5-4-6-13(9-12)30-18(20)21)25-17(29)15-10-28(27-26-15)16-8-3-2-7-14(16)19(22,23)24/h2-11,18H,1H3,(H,25,29).